The average molecular weight is 403 g/mol. The molecule has 0 saturated carbocycles. The second-order valence-corrected chi connectivity index (χ2v) is 7.02. The van der Waals surface area contributed by atoms with E-state index in [4.69, 9.17) is 21.1 Å². The van der Waals surface area contributed by atoms with Crippen molar-refractivity contribution in [1.29, 1.82) is 0 Å². The van der Waals surface area contributed by atoms with E-state index in [0.717, 1.165) is 12.0 Å². The van der Waals surface area contributed by atoms with Gasteiger partial charge in [0.2, 0.25) is 11.8 Å². The predicted molar refractivity (Wildman–Crippen MR) is 108 cm³/mol. The summed E-state index contributed by atoms with van der Waals surface area (Å²) in [7, 11) is 3.02. The maximum Gasteiger partial charge on any atom is 0.226 e. The molecule has 148 valence electrons. The number of nitrogens with zero attached hydrogens (tertiary/aromatic N) is 1. The molecular weight excluding hydrogens is 380 g/mol. The summed E-state index contributed by atoms with van der Waals surface area (Å²) in [4.78, 5) is 26.7. The van der Waals surface area contributed by atoms with Crippen LogP contribution in [-0.2, 0) is 16.0 Å². The molecule has 7 heteroatoms. The minimum Gasteiger partial charge on any atom is -0.495 e. The molecule has 0 saturated heterocycles. The Bertz CT molecular complexity index is 900. The van der Waals surface area contributed by atoms with Gasteiger partial charge >= 0.3 is 0 Å². The molecule has 0 aromatic heterocycles. The highest BCUT2D eigenvalue weighted by Crippen LogP contribution is 2.37. The largest absolute Gasteiger partial charge is 0.495 e. The highest BCUT2D eigenvalue weighted by atomic mass is 35.5. The van der Waals surface area contributed by atoms with Crippen molar-refractivity contribution in [2.75, 3.05) is 26.1 Å². The number of ether oxygens (including phenoxy) is 2. The molecule has 0 aliphatic carbocycles. The van der Waals surface area contributed by atoms with Crippen molar-refractivity contribution in [3.05, 3.63) is 52.5 Å². The highest BCUT2D eigenvalue weighted by molar-refractivity contribution is 6.32. The Morgan fingerprint density at radius 1 is 1.18 bits per heavy atom. The first-order valence-electron chi connectivity index (χ1n) is 9.01. The van der Waals surface area contributed by atoms with Crippen LogP contribution in [0.1, 0.15) is 30.5 Å². The van der Waals surface area contributed by atoms with Gasteiger partial charge in [-0.15, -0.1) is 0 Å². The van der Waals surface area contributed by atoms with Gasteiger partial charge in [0.25, 0.3) is 0 Å². The van der Waals surface area contributed by atoms with Crippen LogP contribution in [0.5, 0.6) is 11.5 Å². The first-order valence-corrected chi connectivity index (χ1v) is 9.38. The third-order valence-electron chi connectivity index (χ3n) is 4.94. The number of methoxy groups -OCH3 is 2. The maximum absolute atomic E-state index is 12.8. The van der Waals surface area contributed by atoms with Crippen LogP contribution < -0.4 is 14.8 Å². The van der Waals surface area contributed by atoms with E-state index in [0.29, 0.717) is 28.8 Å². The summed E-state index contributed by atoms with van der Waals surface area (Å²) in [6.07, 6.45) is 0.930. The molecule has 2 amide bonds. The lowest BCUT2D eigenvalue weighted by molar-refractivity contribution is -0.132. The van der Waals surface area contributed by atoms with Crippen molar-refractivity contribution in [3.8, 4) is 11.5 Å². The molecule has 1 heterocycles. The second-order valence-electron chi connectivity index (χ2n) is 6.62. The number of rotatable bonds is 5. The summed E-state index contributed by atoms with van der Waals surface area (Å²) in [5, 5.41) is 3.22. The average Bonchev–Trinajstić information content (AvgIpc) is 2.68. The van der Waals surface area contributed by atoms with Crippen molar-refractivity contribution in [3.63, 3.8) is 0 Å². The molecule has 0 radical (unpaired) electrons. The van der Waals surface area contributed by atoms with E-state index in [2.05, 4.69) is 5.32 Å². The van der Waals surface area contributed by atoms with Gasteiger partial charge in [-0.1, -0.05) is 35.9 Å². The van der Waals surface area contributed by atoms with Crippen molar-refractivity contribution in [2.24, 2.45) is 0 Å². The van der Waals surface area contributed by atoms with Crippen molar-refractivity contribution in [2.45, 2.75) is 25.8 Å². The Morgan fingerprint density at radius 3 is 2.57 bits per heavy atom. The fourth-order valence-electron chi connectivity index (χ4n) is 3.58. The van der Waals surface area contributed by atoms with Gasteiger partial charge in [-0.05, 0) is 23.6 Å². The SMILES string of the molecule is COc1cc(OC)c(NC(=O)CC2c3ccccc3CCN2C(C)=O)cc1Cl. The van der Waals surface area contributed by atoms with E-state index in [1.807, 2.05) is 24.3 Å². The van der Waals surface area contributed by atoms with Crippen LogP contribution >= 0.6 is 11.6 Å². The molecule has 28 heavy (non-hydrogen) atoms. The zero-order valence-corrected chi connectivity index (χ0v) is 16.9. The van der Waals surface area contributed by atoms with Gasteiger partial charge < -0.3 is 19.7 Å². The fourth-order valence-corrected chi connectivity index (χ4v) is 3.82. The Kier molecular flexibility index (Phi) is 6.09. The van der Waals surface area contributed by atoms with E-state index in [1.165, 1.54) is 26.7 Å². The minimum atomic E-state index is -0.304. The van der Waals surface area contributed by atoms with Crippen LogP contribution in [0, 0.1) is 0 Å². The van der Waals surface area contributed by atoms with Crippen molar-refractivity contribution < 1.29 is 19.1 Å². The lowest BCUT2D eigenvalue weighted by atomic mass is 9.90. The number of benzene rings is 2. The molecule has 0 spiro atoms. The molecule has 6 nitrogen and oxygen atoms in total. The minimum absolute atomic E-state index is 0.0441. The zero-order valence-electron chi connectivity index (χ0n) is 16.1. The van der Waals surface area contributed by atoms with Gasteiger partial charge in [-0.2, -0.15) is 0 Å². The first kappa shape index (κ1) is 20.0. The van der Waals surface area contributed by atoms with E-state index >= 15 is 0 Å². The van der Waals surface area contributed by atoms with E-state index in [1.54, 1.807) is 17.0 Å². The van der Waals surface area contributed by atoms with Gasteiger partial charge in [0.15, 0.2) is 0 Å². The summed E-state index contributed by atoms with van der Waals surface area (Å²) >= 11 is 6.18. The molecule has 0 bridgehead atoms. The number of halogens is 1. The van der Waals surface area contributed by atoms with Crippen LogP contribution in [0.3, 0.4) is 0 Å². The van der Waals surface area contributed by atoms with Gasteiger partial charge in [0, 0.05) is 19.5 Å². The maximum atomic E-state index is 12.8. The Morgan fingerprint density at radius 2 is 1.89 bits per heavy atom. The Hall–Kier alpha value is -2.73. The lowest BCUT2D eigenvalue weighted by Crippen LogP contribution is -2.40. The van der Waals surface area contributed by atoms with Crippen molar-refractivity contribution in [1.82, 2.24) is 4.90 Å². The smallest absolute Gasteiger partial charge is 0.226 e. The monoisotopic (exact) mass is 402 g/mol. The molecular formula is C21H23ClN2O4. The third-order valence-corrected chi connectivity index (χ3v) is 5.24. The molecule has 1 aliphatic heterocycles. The number of carbonyl (C=O) groups is 2. The fraction of sp³-hybridized carbons (Fsp3) is 0.333. The summed E-state index contributed by atoms with van der Waals surface area (Å²) in [6.45, 7) is 2.13. The molecule has 1 aliphatic rings. The molecule has 1 N–H and O–H groups in total. The van der Waals surface area contributed by atoms with Crippen LogP contribution in [-0.4, -0.2) is 37.5 Å². The van der Waals surface area contributed by atoms with Gasteiger partial charge in [0.05, 0.1) is 37.4 Å². The number of hydrogen-bond donors (Lipinski definition) is 1. The quantitative estimate of drug-likeness (QED) is 0.825. The Balaban J connectivity index is 1.84. The number of fused-ring (bicyclic) bond motifs is 1. The van der Waals surface area contributed by atoms with E-state index in [9.17, 15) is 9.59 Å². The molecule has 1 atom stereocenters. The number of amides is 2. The molecule has 2 aromatic rings. The van der Waals surface area contributed by atoms with E-state index in [-0.39, 0.29) is 24.3 Å². The zero-order chi connectivity index (χ0) is 20.3. The van der Waals surface area contributed by atoms with Gasteiger partial charge in [-0.25, -0.2) is 0 Å². The molecule has 3 rings (SSSR count). The number of nitrogens with one attached hydrogen (secondary N) is 1. The Labute approximate surface area is 169 Å². The third kappa shape index (κ3) is 4.07. The van der Waals surface area contributed by atoms with Crippen LogP contribution in [0.25, 0.3) is 0 Å². The second kappa shape index (κ2) is 8.52. The van der Waals surface area contributed by atoms with Gasteiger partial charge in [0.1, 0.15) is 11.5 Å². The topological polar surface area (TPSA) is 67.9 Å². The van der Waals surface area contributed by atoms with Crippen LogP contribution in [0.2, 0.25) is 5.02 Å². The highest BCUT2D eigenvalue weighted by Gasteiger charge is 2.30. The normalized spacial score (nSPS) is 15.6. The van der Waals surface area contributed by atoms with E-state index < -0.39 is 0 Å². The lowest BCUT2D eigenvalue weighted by Gasteiger charge is -2.36. The molecule has 0 fully saturated rings. The van der Waals surface area contributed by atoms with Crippen molar-refractivity contribution >= 4 is 29.1 Å². The van der Waals surface area contributed by atoms with Gasteiger partial charge in [-0.3, -0.25) is 9.59 Å². The number of hydrogen-bond acceptors (Lipinski definition) is 4. The summed E-state index contributed by atoms with van der Waals surface area (Å²) < 4.78 is 10.5. The number of anilines is 1. The van der Waals surface area contributed by atoms with Crippen LogP contribution in [0.4, 0.5) is 5.69 Å². The predicted octanol–water partition coefficient (Wildman–Crippen LogP) is 3.83. The molecule has 1 unspecified atom stereocenters. The van der Waals surface area contributed by atoms with Crippen LogP contribution in [0.15, 0.2) is 36.4 Å². The first-order chi connectivity index (χ1) is 13.4. The molecule has 2 aromatic carbocycles. The summed E-state index contributed by atoms with van der Waals surface area (Å²) in [6, 6.07) is 10.8. The summed E-state index contributed by atoms with van der Waals surface area (Å²) in [5.74, 6) is 0.632. The summed E-state index contributed by atoms with van der Waals surface area (Å²) in [5.41, 5.74) is 2.64. The number of carbonyl (C=O) groups excluding carboxylic acids is 2. The standard InChI is InChI=1S/C21H23ClN2O4/c1-13(25)24-9-8-14-6-4-5-7-15(14)18(24)11-21(26)23-17-10-16(22)19(27-2)12-20(17)28-3/h4-7,10,12,18H,8-9,11H2,1-3H3,(H,23,26).